The van der Waals surface area contributed by atoms with E-state index in [1.54, 1.807) is 0 Å². The lowest BCUT2D eigenvalue weighted by atomic mass is 9.75. The summed E-state index contributed by atoms with van der Waals surface area (Å²) in [6, 6.07) is 0. The standard InChI is InChI=1S/C20H43N/c1-5-9-11-12-13-14-15-16-18-20(7-3,17-10-6-2)19-21-8-4/h21H,5-19H2,1-4H3. The summed E-state index contributed by atoms with van der Waals surface area (Å²) in [5, 5.41) is 3.62. The highest BCUT2D eigenvalue weighted by atomic mass is 14.9. The molecule has 0 aromatic carbocycles. The second-order valence-electron chi connectivity index (χ2n) is 6.96. The Bertz CT molecular complexity index is 192. The molecular formula is C20H43N. The number of rotatable bonds is 16. The van der Waals surface area contributed by atoms with Crippen molar-refractivity contribution in [3.05, 3.63) is 0 Å². The van der Waals surface area contributed by atoms with Gasteiger partial charge in [-0.1, -0.05) is 91.9 Å². The Morgan fingerprint density at radius 3 is 1.67 bits per heavy atom. The quantitative estimate of drug-likeness (QED) is 0.312. The molecule has 0 bridgehead atoms. The molecule has 0 heterocycles. The fraction of sp³-hybridized carbons (Fsp3) is 1.00. The maximum atomic E-state index is 3.62. The molecule has 0 aromatic rings. The van der Waals surface area contributed by atoms with Gasteiger partial charge in [-0.15, -0.1) is 0 Å². The third-order valence-corrected chi connectivity index (χ3v) is 5.12. The molecule has 0 saturated carbocycles. The molecule has 128 valence electrons. The third-order valence-electron chi connectivity index (χ3n) is 5.12. The first-order valence-corrected chi connectivity index (χ1v) is 9.95. The molecule has 21 heavy (non-hydrogen) atoms. The summed E-state index contributed by atoms with van der Waals surface area (Å²) in [6.07, 6.45) is 18.4. The van der Waals surface area contributed by atoms with E-state index in [9.17, 15) is 0 Å². The van der Waals surface area contributed by atoms with Crippen LogP contribution in [0.3, 0.4) is 0 Å². The molecule has 0 radical (unpaired) electrons. The minimum Gasteiger partial charge on any atom is -0.316 e. The Morgan fingerprint density at radius 2 is 1.14 bits per heavy atom. The molecule has 0 aliphatic rings. The fourth-order valence-corrected chi connectivity index (χ4v) is 3.36. The molecule has 1 unspecified atom stereocenters. The van der Waals surface area contributed by atoms with E-state index >= 15 is 0 Å². The number of unbranched alkanes of at least 4 members (excludes halogenated alkanes) is 8. The van der Waals surface area contributed by atoms with Gasteiger partial charge in [0.25, 0.3) is 0 Å². The molecule has 0 aliphatic carbocycles. The van der Waals surface area contributed by atoms with E-state index in [0.717, 1.165) is 6.54 Å². The predicted octanol–water partition coefficient (Wildman–Crippen LogP) is 6.71. The van der Waals surface area contributed by atoms with Crippen molar-refractivity contribution in [2.24, 2.45) is 5.41 Å². The molecule has 1 heteroatoms. The zero-order chi connectivity index (χ0) is 15.8. The third kappa shape index (κ3) is 11.2. The topological polar surface area (TPSA) is 12.0 Å². The average molecular weight is 298 g/mol. The van der Waals surface area contributed by atoms with Crippen molar-refractivity contribution in [2.45, 2.75) is 111 Å². The minimum atomic E-state index is 0.578. The van der Waals surface area contributed by atoms with Gasteiger partial charge in [-0.3, -0.25) is 0 Å². The average Bonchev–Trinajstić information content (AvgIpc) is 2.52. The van der Waals surface area contributed by atoms with E-state index in [-0.39, 0.29) is 0 Å². The Hall–Kier alpha value is -0.0400. The lowest BCUT2D eigenvalue weighted by Crippen LogP contribution is -2.34. The first-order valence-electron chi connectivity index (χ1n) is 9.95. The normalized spacial score (nSPS) is 14.3. The van der Waals surface area contributed by atoms with Crippen LogP contribution in [-0.4, -0.2) is 13.1 Å². The zero-order valence-electron chi connectivity index (χ0n) is 15.6. The van der Waals surface area contributed by atoms with Crippen molar-refractivity contribution < 1.29 is 0 Å². The van der Waals surface area contributed by atoms with E-state index in [2.05, 4.69) is 33.0 Å². The van der Waals surface area contributed by atoms with Crippen molar-refractivity contribution in [3.63, 3.8) is 0 Å². The van der Waals surface area contributed by atoms with Gasteiger partial charge in [-0.2, -0.15) is 0 Å². The van der Waals surface area contributed by atoms with Crippen molar-refractivity contribution in [3.8, 4) is 0 Å². The summed E-state index contributed by atoms with van der Waals surface area (Å²) in [5.74, 6) is 0. The zero-order valence-corrected chi connectivity index (χ0v) is 15.6. The molecule has 0 amide bonds. The molecule has 0 saturated heterocycles. The van der Waals surface area contributed by atoms with Crippen LogP contribution >= 0.6 is 0 Å². The number of hydrogen-bond acceptors (Lipinski definition) is 1. The maximum Gasteiger partial charge on any atom is 0.000759 e. The summed E-state index contributed by atoms with van der Waals surface area (Å²) in [4.78, 5) is 0. The van der Waals surface area contributed by atoms with E-state index in [4.69, 9.17) is 0 Å². The van der Waals surface area contributed by atoms with Gasteiger partial charge in [-0.05, 0) is 31.2 Å². The van der Waals surface area contributed by atoms with Crippen LogP contribution < -0.4 is 5.32 Å². The van der Waals surface area contributed by atoms with Crippen LogP contribution in [0.2, 0.25) is 0 Å². The van der Waals surface area contributed by atoms with E-state index < -0.39 is 0 Å². The van der Waals surface area contributed by atoms with Crippen LogP contribution in [0.5, 0.6) is 0 Å². The number of nitrogens with one attached hydrogen (secondary N) is 1. The van der Waals surface area contributed by atoms with E-state index in [1.807, 2.05) is 0 Å². The van der Waals surface area contributed by atoms with Gasteiger partial charge < -0.3 is 5.32 Å². The van der Waals surface area contributed by atoms with Crippen molar-refractivity contribution >= 4 is 0 Å². The number of hydrogen-bond donors (Lipinski definition) is 1. The minimum absolute atomic E-state index is 0.578. The maximum absolute atomic E-state index is 3.62. The van der Waals surface area contributed by atoms with Gasteiger partial charge in [0.1, 0.15) is 0 Å². The molecule has 1 nitrogen and oxygen atoms in total. The first-order chi connectivity index (χ1) is 10.2. The van der Waals surface area contributed by atoms with Gasteiger partial charge in [0, 0.05) is 6.54 Å². The van der Waals surface area contributed by atoms with Crippen LogP contribution in [0.15, 0.2) is 0 Å². The summed E-state index contributed by atoms with van der Waals surface area (Å²) >= 11 is 0. The summed E-state index contributed by atoms with van der Waals surface area (Å²) in [7, 11) is 0. The smallest absolute Gasteiger partial charge is 0.000759 e. The van der Waals surface area contributed by atoms with Crippen LogP contribution in [0, 0.1) is 5.41 Å². The molecule has 0 rings (SSSR count). The lowest BCUT2D eigenvalue weighted by molar-refractivity contribution is 0.206. The van der Waals surface area contributed by atoms with E-state index in [0.29, 0.717) is 5.41 Å². The summed E-state index contributed by atoms with van der Waals surface area (Å²) in [6.45, 7) is 11.6. The van der Waals surface area contributed by atoms with Crippen molar-refractivity contribution in [1.29, 1.82) is 0 Å². The second-order valence-corrected chi connectivity index (χ2v) is 6.96. The molecule has 1 atom stereocenters. The van der Waals surface area contributed by atoms with Gasteiger partial charge >= 0.3 is 0 Å². The highest BCUT2D eigenvalue weighted by Gasteiger charge is 2.26. The molecule has 0 spiro atoms. The predicted molar refractivity (Wildman–Crippen MR) is 98.0 cm³/mol. The Balaban J connectivity index is 3.88. The second kappa shape index (κ2) is 14.9. The van der Waals surface area contributed by atoms with E-state index in [1.165, 1.54) is 90.0 Å². The van der Waals surface area contributed by atoms with Gasteiger partial charge in [-0.25, -0.2) is 0 Å². The largest absolute Gasteiger partial charge is 0.316 e. The summed E-state index contributed by atoms with van der Waals surface area (Å²) in [5.41, 5.74) is 0.578. The Morgan fingerprint density at radius 1 is 0.619 bits per heavy atom. The van der Waals surface area contributed by atoms with Crippen molar-refractivity contribution in [2.75, 3.05) is 13.1 Å². The molecular weight excluding hydrogens is 254 g/mol. The van der Waals surface area contributed by atoms with Crippen LogP contribution in [0.1, 0.15) is 111 Å². The highest BCUT2D eigenvalue weighted by Crippen LogP contribution is 2.34. The van der Waals surface area contributed by atoms with Crippen molar-refractivity contribution in [1.82, 2.24) is 5.32 Å². The monoisotopic (exact) mass is 297 g/mol. The Labute approximate surface area is 135 Å². The SMILES string of the molecule is CCCCCCCCCCC(CC)(CCCC)CNCC. The summed E-state index contributed by atoms with van der Waals surface area (Å²) < 4.78 is 0. The molecule has 0 aromatic heterocycles. The van der Waals surface area contributed by atoms with Gasteiger partial charge in [0.15, 0.2) is 0 Å². The van der Waals surface area contributed by atoms with Gasteiger partial charge in [0.05, 0.1) is 0 Å². The molecule has 1 N–H and O–H groups in total. The fourth-order valence-electron chi connectivity index (χ4n) is 3.36. The van der Waals surface area contributed by atoms with Gasteiger partial charge in [0.2, 0.25) is 0 Å². The Kier molecular flexibility index (Phi) is 14.9. The van der Waals surface area contributed by atoms with Crippen LogP contribution in [0.25, 0.3) is 0 Å². The molecule has 0 aliphatic heterocycles. The highest BCUT2D eigenvalue weighted by molar-refractivity contribution is 4.80. The lowest BCUT2D eigenvalue weighted by Gasteiger charge is -2.33. The first kappa shape index (κ1) is 21.0. The van der Waals surface area contributed by atoms with Crippen LogP contribution in [-0.2, 0) is 0 Å². The molecule has 0 fully saturated rings. The van der Waals surface area contributed by atoms with Crippen LogP contribution in [0.4, 0.5) is 0 Å².